The SMILES string of the molecule is Cc1cc(C)c(-c2noc(C)n2)c(NC(=O)COc2ccc(Cl)cc2)n1. The predicted molar refractivity (Wildman–Crippen MR) is 97.3 cm³/mol. The van der Waals surface area contributed by atoms with E-state index < -0.39 is 0 Å². The maximum absolute atomic E-state index is 12.3. The minimum atomic E-state index is -0.348. The molecule has 1 amide bonds. The fraction of sp³-hybridized carbons (Fsp3) is 0.222. The fourth-order valence-corrected chi connectivity index (χ4v) is 2.58. The second-order valence-electron chi connectivity index (χ2n) is 5.73. The zero-order valence-electron chi connectivity index (χ0n) is 14.5. The van der Waals surface area contributed by atoms with Crippen molar-refractivity contribution in [1.29, 1.82) is 0 Å². The highest BCUT2D eigenvalue weighted by atomic mass is 35.5. The molecule has 0 fully saturated rings. The molecule has 0 aliphatic carbocycles. The van der Waals surface area contributed by atoms with Crippen molar-refractivity contribution in [3.63, 3.8) is 0 Å². The van der Waals surface area contributed by atoms with Crippen LogP contribution in [0.3, 0.4) is 0 Å². The van der Waals surface area contributed by atoms with E-state index in [1.54, 1.807) is 31.2 Å². The summed E-state index contributed by atoms with van der Waals surface area (Å²) < 4.78 is 10.5. The molecule has 0 saturated heterocycles. The summed E-state index contributed by atoms with van der Waals surface area (Å²) in [5.74, 6) is 1.38. The summed E-state index contributed by atoms with van der Waals surface area (Å²) in [6.45, 7) is 5.28. The number of rotatable bonds is 5. The van der Waals surface area contributed by atoms with Crippen molar-refractivity contribution < 1.29 is 14.1 Å². The van der Waals surface area contributed by atoms with Crippen LogP contribution in [0.1, 0.15) is 17.1 Å². The van der Waals surface area contributed by atoms with E-state index in [1.165, 1.54) is 0 Å². The van der Waals surface area contributed by atoms with Crippen LogP contribution in [0.25, 0.3) is 11.4 Å². The topological polar surface area (TPSA) is 90.1 Å². The Balaban J connectivity index is 1.78. The molecule has 0 radical (unpaired) electrons. The number of nitrogens with one attached hydrogen (secondary N) is 1. The van der Waals surface area contributed by atoms with Crippen LogP contribution < -0.4 is 10.1 Å². The van der Waals surface area contributed by atoms with Crippen LogP contribution in [0.4, 0.5) is 5.82 Å². The fourth-order valence-electron chi connectivity index (χ4n) is 2.46. The largest absolute Gasteiger partial charge is 0.484 e. The van der Waals surface area contributed by atoms with Gasteiger partial charge in [-0.3, -0.25) is 4.79 Å². The number of anilines is 1. The number of aromatic nitrogens is 3. The van der Waals surface area contributed by atoms with E-state index >= 15 is 0 Å². The van der Waals surface area contributed by atoms with Gasteiger partial charge in [0.1, 0.15) is 11.6 Å². The Morgan fingerprint density at radius 2 is 1.92 bits per heavy atom. The molecule has 3 rings (SSSR count). The van der Waals surface area contributed by atoms with Gasteiger partial charge in [0, 0.05) is 17.6 Å². The average Bonchev–Trinajstić information content (AvgIpc) is 2.99. The summed E-state index contributed by atoms with van der Waals surface area (Å²) in [5, 5.41) is 7.28. The van der Waals surface area contributed by atoms with Crippen LogP contribution in [0.15, 0.2) is 34.9 Å². The van der Waals surface area contributed by atoms with E-state index in [4.69, 9.17) is 20.9 Å². The third-order valence-electron chi connectivity index (χ3n) is 3.54. The number of halogens is 1. The van der Waals surface area contributed by atoms with Crippen molar-refractivity contribution in [1.82, 2.24) is 15.1 Å². The Bertz CT molecular complexity index is 938. The molecular weight excluding hydrogens is 356 g/mol. The molecule has 0 atom stereocenters. The molecule has 2 aromatic heterocycles. The molecule has 8 heteroatoms. The van der Waals surface area contributed by atoms with Crippen LogP contribution in [0, 0.1) is 20.8 Å². The van der Waals surface area contributed by atoms with Crippen LogP contribution in [-0.2, 0) is 4.79 Å². The lowest BCUT2D eigenvalue weighted by molar-refractivity contribution is -0.118. The lowest BCUT2D eigenvalue weighted by Crippen LogP contribution is -2.21. The van der Waals surface area contributed by atoms with Crippen molar-refractivity contribution in [2.45, 2.75) is 20.8 Å². The standard InChI is InChI=1S/C18H17ClN4O3/c1-10-8-11(2)20-17(16(10)18-21-12(3)26-23-18)22-15(24)9-25-14-6-4-13(19)5-7-14/h4-8H,9H2,1-3H3,(H,20,22,24). The van der Waals surface area contributed by atoms with Gasteiger partial charge in [-0.2, -0.15) is 4.98 Å². The summed E-state index contributed by atoms with van der Waals surface area (Å²) in [4.78, 5) is 20.9. The molecule has 0 spiro atoms. The van der Waals surface area contributed by atoms with Gasteiger partial charge in [-0.1, -0.05) is 16.8 Å². The molecular formula is C18H17ClN4O3. The summed E-state index contributed by atoms with van der Waals surface area (Å²) in [7, 11) is 0. The third kappa shape index (κ3) is 4.18. The maximum atomic E-state index is 12.3. The number of aryl methyl sites for hydroxylation is 3. The molecule has 0 unspecified atom stereocenters. The van der Waals surface area contributed by atoms with Crippen LogP contribution >= 0.6 is 11.6 Å². The van der Waals surface area contributed by atoms with Gasteiger partial charge in [-0.15, -0.1) is 0 Å². The monoisotopic (exact) mass is 372 g/mol. The molecule has 1 N–H and O–H groups in total. The van der Waals surface area contributed by atoms with Crippen molar-refractivity contribution in [2.24, 2.45) is 0 Å². The molecule has 0 bridgehead atoms. The lowest BCUT2D eigenvalue weighted by Gasteiger charge is -2.12. The van der Waals surface area contributed by atoms with Gasteiger partial charge in [-0.05, 0) is 49.7 Å². The maximum Gasteiger partial charge on any atom is 0.263 e. The first-order chi connectivity index (χ1) is 12.4. The summed E-state index contributed by atoms with van der Waals surface area (Å²) in [6.07, 6.45) is 0. The molecule has 1 aromatic carbocycles. The van der Waals surface area contributed by atoms with Gasteiger partial charge in [-0.25, -0.2) is 4.98 Å². The van der Waals surface area contributed by atoms with Gasteiger partial charge in [0.2, 0.25) is 11.7 Å². The average molecular weight is 373 g/mol. The smallest absolute Gasteiger partial charge is 0.263 e. The minimum absolute atomic E-state index is 0.166. The van der Waals surface area contributed by atoms with Crippen LogP contribution in [0.2, 0.25) is 5.02 Å². The van der Waals surface area contributed by atoms with Gasteiger partial charge in [0.15, 0.2) is 6.61 Å². The third-order valence-corrected chi connectivity index (χ3v) is 3.79. The molecule has 134 valence electrons. The van der Waals surface area contributed by atoms with Crippen molar-refractivity contribution in [3.8, 4) is 17.1 Å². The van der Waals surface area contributed by atoms with Crippen LogP contribution in [-0.4, -0.2) is 27.6 Å². The second-order valence-corrected chi connectivity index (χ2v) is 6.17. The van der Waals surface area contributed by atoms with E-state index in [9.17, 15) is 4.79 Å². The highest BCUT2D eigenvalue weighted by molar-refractivity contribution is 6.30. The molecule has 3 aromatic rings. The molecule has 26 heavy (non-hydrogen) atoms. The van der Waals surface area contributed by atoms with E-state index in [0.29, 0.717) is 33.9 Å². The van der Waals surface area contributed by atoms with Gasteiger partial charge in [0.25, 0.3) is 5.91 Å². The highest BCUT2D eigenvalue weighted by Crippen LogP contribution is 2.28. The number of ether oxygens (including phenoxy) is 1. The van der Waals surface area contributed by atoms with Gasteiger partial charge in [0.05, 0.1) is 5.56 Å². The summed E-state index contributed by atoms with van der Waals surface area (Å²) >= 11 is 5.83. The van der Waals surface area contributed by atoms with Crippen molar-refractivity contribution in [2.75, 3.05) is 11.9 Å². The number of nitrogens with zero attached hydrogens (tertiary/aromatic N) is 3. The van der Waals surface area contributed by atoms with Crippen molar-refractivity contribution >= 4 is 23.3 Å². The lowest BCUT2D eigenvalue weighted by atomic mass is 10.1. The van der Waals surface area contributed by atoms with E-state index in [0.717, 1.165) is 11.3 Å². The first-order valence-corrected chi connectivity index (χ1v) is 8.27. The van der Waals surface area contributed by atoms with E-state index in [1.807, 2.05) is 19.9 Å². The zero-order chi connectivity index (χ0) is 18.7. The number of amides is 1. The first-order valence-electron chi connectivity index (χ1n) is 7.89. The Morgan fingerprint density at radius 1 is 1.19 bits per heavy atom. The van der Waals surface area contributed by atoms with Gasteiger partial charge < -0.3 is 14.6 Å². The Morgan fingerprint density at radius 3 is 2.58 bits per heavy atom. The summed E-state index contributed by atoms with van der Waals surface area (Å²) in [6, 6.07) is 8.66. The Kier molecular flexibility index (Phi) is 5.18. The van der Waals surface area contributed by atoms with E-state index in [-0.39, 0.29) is 12.5 Å². The quantitative estimate of drug-likeness (QED) is 0.733. The number of pyridine rings is 1. The number of carbonyl (C=O) groups excluding carboxylic acids is 1. The number of hydrogen-bond acceptors (Lipinski definition) is 6. The van der Waals surface area contributed by atoms with Gasteiger partial charge >= 0.3 is 0 Å². The molecule has 0 aliphatic rings. The predicted octanol–water partition coefficient (Wildman–Crippen LogP) is 3.73. The summed E-state index contributed by atoms with van der Waals surface area (Å²) in [5.41, 5.74) is 2.26. The Labute approximate surface area is 155 Å². The Hall–Kier alpha value is -2.93. The second kappa shape index (κ2) is 7.53. The van der Waals surface area contributed by atoms with Crippen LogP contribution in [0.5, 0.6) is 5.75 Å². The number of carbonyl (C=O) groups is 1. The number of benzene rings is 1. The number of hydrogen-bond donors (Lipinski definition) is 1. The van der Waals surface area contributed by atoms with E-state index in [2.05, 4.69) is 20.4 Å². The molecule has 7 nitrogen and oxygen atoms in total. The molecule has 0 aliphatic heterocycles. The minimum Gasteiger partial charge on any atom is -0.484 e. The first kappa shape index (κ1) is 17.9. The molecule has 2 heterocycles. The molecule has 0 saturated carbocycles. The normalized spacial score (nSPS) is 10.6. The zero-order valence-corrected chi connectivity index (χ0v) is 15.3. The highest BCUT2D eigenvalue weighted by Gasteiger charge is 2.18. The van der Waals surface area contributed by atoms with Crippen molar-refractivity contribution in [3.05, 3.63) is 52.5 Å².